The summed E-state index contributed by atoms with van der Waals surface area (Å²) in [4.78, 5) is 2.78. The van der Waals surface area contributed by atoms with Crippen LogP contribution in [0, 0.1) is 27.7 Å². The zero-order chi connectivity index (χ0) is 13.3. The van der Waals surface area contributed by atoms with Gasteiger partial charge in [0, 0.05) is 16.3 Å². The molecule has 0 bridgehead atoms. The van der Waals surface area contributed by atoms with E-state index in [2.05, 4.69) is 51.2 Å². The highest BCUT2D eigenvalue weighted by molar-refractivity contribution is 7.15. The first kappa shape index (κ1) is 13.3. The van der Waals surface area contributed by atoms with Crippen LogP contribution in [0.25, 0.3) is 10.4 Å². The summed E-state index contributed by atoms with van der Waals surface area (Å²) in [5.74, 6) is 0. The molecule has 0 aliphatic heterocycles. The van der Waals surface area contributed by atoms with Crippen molar-refractivity contribution in [2.24, 2.45) is 0 Å². The van der Waals surface area contributed by atoms with Crippen LogP contribution in [0.3, 0.4) is 0 Å². The third-order valence-electron chi connectivity index (χ3n) is 3.63. The number of hydrogen-bond acceptors (Lipinski definition) is 2. The predicted octanol–water partition coefficient (Wildman–Crippen LogP) is 4.37. The van der Waals surface area contributed by atoms with Crippen molar-refractivity contribution in [1.29, 1.82) is 0 Å². The minimum Gasteiger partial charge on any atom is -0.315 e. The van der Waals surface area contributed by atoms with E-state index in [1.54, 1.807) is 0 Å². The van der Waals surface area contributed by atoms with Gasteiger partial charge in [0.15, 0.2) is 0 Å². The van der Waals surface area contributed by atoms with Gasteiger partial charge >= 0.3 is 0 Å². The Balaban J connectivity index is 2.55. The molecule has 0 fully saturated rings. The lowest BCUT2D eigenvalue weighted by Gasteiger charge is -2.13. The number of benzene rings is 1. The molecular formula is C16H21NS. The Bertz CT molecular complexity index is 540. The maximum Gasteiger partial charge on any atom is 0.0351 e. The molecule has 18 heavy (non-hydrogen) atoms. The molecule has 0 aliphatic rings. The van der Waals surface area contributed by atoms with Gasteiger partial charge in [-0.05, 0) is 74.7 Å². The molecule has 0 aliphatic carbocycles. The third kappa shape index (κ3) is 2.36. The smallest absolute Gasteiger partial charge is 0.0351 e. The van der Waals surface area contributed by atoms with Gasteiger partial charge in [-0.15, -0.1) is 11.3 Å². The molecule has 2 heteroatoms. The summed E-state index contributed by atoms with van der Waals surface area (Å²) in [6.07, 6.45) is 0. The summed E-state index contributed by atoms with van der Waals surface area (Å²) in [7, 11) is 1.99. The van der Waals surface area contributed by atoms with Crippen molar-refractivity contribution >= 4 is 11.3 Å². The first-order chi connectivity index (χ1) is 8.54. The molecule has 1 heterocycles. The van der Waals surface area contributed by atoms with Crippen molar-refractivity contribution in [1.82, 2.24) is 5.32 Å². The normalized spacial score (nSPS) is 10.9. The maximum absolute atomic E-state index is 3.21. The van der Waals surface area contributed by atoms with Crippen LogP contribution in [0.1, 0.15) is 27.1 Å². The number of aryl methyl sites for hydroxylation is 2. The first-order valence-corrected chi connectivity index (χ1v) is 7.17. The average molecular weight is 259 g/mol. The van der Waals surface area contributed by atoms with Gasteiger partial charge in [-0.25, -0.2) is 0 Å². The summed E-state index contributed by atoms with van der Waals surface area (Å²) in [5, 5.41) is 3.21. The number of rotatable bonds is 3. The number of nitrogens with one attached hydrogen (secondary N) is 1. The Morgan fingerprint density at radius 3 is 2.17 bits per heavy atom. The lowest BCUT2D eigenvalue weighted by atomic mass is 9.93. The Labute approximate surface area is 114 Å². The fourth-order valence-electron chi connectivity index (χ4n) is 2.37. The van der Waals surface area contributed by atoms with Gasteiger partial charge in [0.1, 0.15) is 0 Å². The quantitative estimate of drug-likeness (QED) is 0.863. The van der Waals surface area contributed by atoms with E-state index in [0.29, 0.717) is 0 Å². The van der Waals surface area contributed by atoms with Gasteiger partial charge in [-0.1, -0.05) is 6.07 Å². The minimum atomic E-state index is 0.952. The third-order valence-corrected chi connectivity index (χ3v) is 4.73. The molecule has 1 nitrogen and oxygen atoms in total. The molecule has 1 aromatic heterocycles. The van der Waals surface area contributed by atoms with E-state index in [1.165, 1.54) is 37.6 Å². The van der Waals surface area contributed by atoms with Gasteiger partial charge in [-0.2, -0.15) is 0 Å². The molecule has 1 aromatic carbocycles. The molecule has 0 radical (unpaired) electrons. The lowest BCUT2D eigenvalue weighted by molar-refractivity contribution is 0.831. The minimum absolute atomic E-state index is 0.952. The zero-order valence-corrected chi connectivity index (χ0v) is 12.7. The SMILES string of the molecule is CNCc1ccc(-c2c(C)c(C)cc(C)c2C)s1. The van der Waals surface area contributed by atoms with E-state index in [9.17, 15) is 0 Å². The number of hydrogen-bond donors (Lipinski definition) is 1. The van der Waals surface area contributed by atoms with Crippen molar-refractivity contribution < 1.29 is 0 Å². The van der Waals surface area contributed by atoms with Crippen molar-refractivity contribution in [3.05, 3.63) is 45.3 Å². The highest BCUT2D eigenvalue weighted by Gasteiger charge is 2.12. The zero-order valence-electron chi connectivity index (χ0n) is 11.8. The molecule has 1 N–H and O–H groups in total. The molecule has 0 atom stereocenters. The Morgan fingerprint density at radius 1 is 1.00 bits per heavy atom. The summed E-state index contributed by atoms with van der Waals surface area (Å²) in [6, 6.07) is 6.77. The van der Waals surface area contributed by atoms with Crippen LogP contribution >= 0.6 is 11.3 Å². The van der Waals surface area contributed by atoms with Crippen LogP contribution in [0.4, 0.5) is 0 Å². The average Bonchev–Trinajstić information content (AvgIpc) is 2.76. The highest BCUT2D eigenvalue weighted by Crippen LogP contribution is 2.35. The standard InChI is InChI=1S/C16H21NS/c1-10-8-11(2)13(4)16(12(10)3)15-7-6-14(18-15)9-17-5/h6-8,17H,9H2,1-5H3. The van der Waals surface area contributed by atoms with E-state index in [0.717, 1.165) is 6.54 Å². The van der Waals surface area contributed by atoms with Crippen molar-refractivity contribution in [2.75, 3.05) is 7.05 Å². The second kappa shape index (κ2) is 5.25. The molecule has 0 saturated carbocycles. The van der Waals surface area contributed by atoms with Crippen LogP contribution in [0.2, 0.25) is 0 Å². The van der Waals surface area contributed by atoms with Gasteiger partial charge in [0.05, 0.1) is 0 Å². The molecule has 96 valence electrons. The van der Waals surface area contributed by atoms with Gasteiger partial charge in [0.2, 0.25) is 0 Å². The highest BCUT2D eigenvalue weighted by atomic mass is 32.1. The Hall–Kier alpha value is -1.12. The molecule has 0 unspecified atom stereocenters. The van der Waals surface area contributed by atoms with Crippen LogP contribution in [-0.4, -0.2) is 7.05 Å². The fraction of sp³-hybridized carbons (Fsp3) is 0.375. The van der Waals surface area contributed by atoms with Crippen molar-refractivity contribution in [3.8, 4) is 10.4 Å². The molecular weight excluding hydrogens is 238 g/mol. The summed E-state index contributed by atoms with van der Waals surface area (Å²) in [6.45, 7) is 9.82. The lowest BCUT2D eigenvalue weighted by Crippen LogP contribution is -2.02. The predicted molar refractivity (Wildman–Crippen MR) is 81.5 cm³/mol. The number of thiophene rings is 1. The van der Waals surface area contributed by atoms with Gasteiger partial charge < -0.3 is 5.32 Å². The summed E-state index contributed by atoms with van der Waals surface area (Å²) >= 11 is 1.89. The monoisotopic (exact) mass is 259 g/mol. The topological polar surface area (TPSA) is 12.0 Å². The summed E-state index contributed by atoms with van der Waals surface area (Å²) in [5.41, 5.74) is 7.03. The van der Waals surface area contributed by atoms with Crippen LogP contribution < -0.4 is 5.32 Å². The molecule has 2 rings (SSSR count). The van der Waals surface area contributed by atoms with Crippen LogP contribution in [-0.2, 0) is 6.54 Å². The molecule has 0 amide bonds. The molecule has 0 saturated heterocycles. The van der Waals surface area contributed by atoms with E-state index >= 15 is 0 Å². The van der Waals surface area contributed by atoms with Crippen LogP contribution in [0.15, 0.2) is 18.2 Å². The largest absolute Gasteiger partial charge is 0.315 e. The van der Waals surface area contributed by atoms with Gasteiger partial charge in [0.25, 0.3) is 0 Å². The fourth-order valence-corrected chi connectivity index (χ4v) is 3.55. The summed E-state index contributed by atoms with van der Waals surface area (Å²) < 4.78 is 0. The molecule has 0 spiro atoms. The van der Waals surface area contributed by atoms with Crippen molar-refractivity contribution in [3.63, 3.8) is 0 Å². The Morgan fingerprint density at radius 2 is 1.61 bits per heavy atom. The van der Waals surface area contributed by atoms with Gasteiger partial charge in [-0.3, -0.25) is 0 Å². The maximum atomic E-state index is 3.21. The van der Waals surface area contributed by atoms with E-state index in [1.807, 2.05) is 18.4 Å². The van der Waals surface area contributed by atoms with Crippen molar-refractivity contribution in [2.45, 2.75) is 34.2 Å². The second-order valence-corrected chi connectivity index (χ2v) is 6.10. The van der Waals surface area contributed by atoms with E-state index in [4.69, 9.17) is 0 Å². The Kier molecular flexibility index (Phi) is 3.88. The molecule has 2 aromatic rings. The second-order valence-electron chi connectivity index (χ2n) is 4.93. The van der Waals surface area contributed by atoms with Crippen LogP contribution in [0.5, 0.6) is 0 Å². The van der Waals surface area contributed by atoms with E-state index < -0.39 is 0 Å². The first-order valence-electron chi connectivity index (χ1n) is 6.35. The van der Waals surface area contributed by atoms with E-state index in [-0.39, 0.29) is 0 Å².